The van der Waals surface area contributed by atoms with Crippen LogP contribution in [0.25, 0.3) is 0 Å². The van der Waals surface area contributed by atoms with Crippen molar-refractivity contribution < 1.29 is 33.7 Å². The maximum absolute atomic E-state index is 13.7. The Morgan fingerprint density at radius 1 is 1.10 bits per heavy atom. The number of nitrogens with one attached hydrogen (secondary N) is 1. The highest BCUT2D eigenvalue weighted by Crippen LogP contribution is 2.28. The molecule has 0 amide bonds. The van der Waals surface area contributed by atoms with Crippen LogP contribution in [0.1, 0.15) is 40.7 Å². The summed E-state index contributed by atoms with van der Waals surface area (Å²) in [6.07, 6.45) is 2.01. The van der Waals surface area contributed by atoms with E-state index in [0.29, 0.717) is 37.4 Å². The highest BCUT2D eigenvalue weighted by Gasteiger charge is 2.22. The van der Waals surface area contributed by atoms with Crippen molar-refractivity contribution in [1.29, 1.82) is 0 Å². The fourth-order valence-corrected chi connectivity index (χ4v) is 3.04. The summed E-state index contributed by atoms with van der Waals surface area (Å²) in [4.78, 5) is 25.0. The van der Waals surface area contributed by atoms with Crippen molar-refractivity contribution in [3.05, 3.63) is 58.9 Å². The van der Waals surface area contributed by atoms with Crippen LogP contribution in [0.3, 0.4) is 0 Å². The van der Waals surface area contributed by atoms with Crippen LogP contribution >= 0.6 is 0 Å². The van der Waals surface area contributed by atoms with Gasteiger partial charge in [0.05, 0.1) is 19.1 Å². The fourth-order valence-electron chi connectivity index (χ4n) is 3.04. The lowest BCUT2D eigenvalue weighted by Crippen LogP contribution is -2.15. The Morgan fingerprint density at radius 2 is 1.87 bits per heavy atom. The van der Waals surface area contributed by atoms with Crippen molar-refractivity contribution in [3.8, 4) is 5.75 Å². The smallest absolute Gasteiger partial charge is 0.310 e. The zero-order valence-corrected chi connectivity index (χ0v) is 17.5. The average molecular weight is 433 g/mol. The second kappa shape index (κ2) is 12.7. The molecule has 168 valence electrons. The Labute approximate surface area is 180 Å². The normalized spacial score (nSPS) is 10.7. The molecule has 8 heteroatoms. The number of rotatable bonds is 13. The van der Waals surface area contributed by atoms with Gasteiger partial charge in [0.2, 0.25) is 0 Å². The molecule has 2 aromatic rings. The molecular formula is C23H28FNO6. The first kappa shape index (κ1) is 24.3. The lowest BCUT2D eigenvalue weighted by Gasteiger charge is -2.16. The van der Waals surface area contributed by atoms with Crippen LogP contribution in [-0.4, -0.2) is 55.4 Å². The first-order chi connectivity index (χ1) is 15.0. The van der Waals surface area contributed by atoms with E-state index in [1.165, 1.54) is 7.11 Å². The van der Waals surface area contributed by atoms with Crippen molar-refractivity contribution >= 4 is 17.4 Å². The Morgan fingerprint density at radius 3 is 2.61 bits per heavy atom. The van der Waals surface area contributed by atoms with E-state index < -0.39 is 17.6 Å². The molecule has 0 aromatic heterocycles. The minimum absolute atomic E-state index is 0.0984. The second-order valence-corrected chi connectivity index (χ2v) is 6.91. The third-order valence-electron chi connectivity index (χ3n) is 4.62. The number of methoxy groups -OCH3 is 1. The van der Waals surface area contributed by atoms with Gasteiger partial charge in [-0.1, -0.05) is 12.1 Å². The molecule has 0 aliphatic carbocycles. The van der Waals surface area contributed by atoms with Crippen molar-refractivity contribution in [3.63, 3.8) is 0 Å². The molecule has 0 aliphatic rings. The van der Waals surface area contributed by atoms with Gasteiger partial charge in [0.25, 0.3) is 0 Å². The van der Waals surface area contributed by atoms with Gasteiger partial charge >= 0.3 is 5.97 Å². The molecule has 3 N–H and O–H groups in total. The summed E-state index contributed by atoms with van der Waals surface area (Å²) in [5.74, 6) is -2.10. The standard InChI is InChI=1S/C23H28FNO6/c1-30-21(28)14-16-6-4-7-19(25-10-2-3-12-31-13-5-11-26)22(16)23(29)18-15-17(24)8-9-20(18)27/h4,6-9,15,25-27H,2-3,5,10-14H2,1H3. The number of aromatic hydroxyl groups is 1. The summed E-state index contributed by atoms with van der Waals surface area (Å²) in [7, 11) is 1.26. The van der Waals surface area contributed by atoms with Gasteiger partial charge in [-0.3, -0.25) is 9.59 Å². The van der Waals surface area contributed by atoms with Crippen molar-refractivity contribution in [1.82, 2.24) is 0 Å². The van der Waals surface area contributed by atoms with Crippen LogP contribution < -0.4 is 5.32 Å². The minimum atomic E-state index is -0.651. The number of phenolic OH excluding ortho intramolecular Hbond substituents is 1. The van der Waals surface area contributed by atoms with Crippen LogP contribution in [-0.2, 0) is 20.7 Å². The van der Waals surface area contributed by atoms with E-state index in [9.17, 15) is 19.1 Å². The number of carbonyl (C=O) groups excluding carboxylic acids is 2. The molecule has 0 fully saturated rings. The molecule has 0 saturated heterocycles. The van der Waals surface area contributed by atoms with Crippen molar-refractivity contribution in [2.75, 3.05) is 38.8 Å². The van der Waals surface area contributed by atoms with E-state index in [1.807, 2.05) is 0 Å². The van der Waals surface area contributed by atoms with E-state index in [4.69, 9.17) is 14.6 Å². The number of ether oxygens (including phenoxy) is 2. The molecule has 2 aromatic carbocycles. The van der Waals surface area contributed by atoms with Gasteiger partial charge in [-0.05, 0) is 49.1 Å². The monoisotopic (exact) mass is 433 g/mol. The molecule has 7 nitrogen and oxygen atoms in total. The SMILES string of the molecule is COC(=O)Cc1cccc(NCCCCOCCCO)c1C(=O)c1cc(F)ccc1O. The Balaban J connectivity index is 2.19. The van der Waals surface area contributed by atoms with Gasteiger partial charge < -0.3 is 25.0 Å². The molecule has 0 bridgehead atoms. The molecular weight excluding hydrogens is 405 g/mol. The maximum Gasteiger partial charge on any atom is 0.310 e. The number of aliphatic hydroxyl groups is 1. The van der Waals surface area contributed by atoms with Crippen LogP contribution in [0.15, 0.2) is 36.4 Å². The number of aliphatic hydroxyl groups excluding tert-OH is 1. The zero-order valence-electron chi connectivity index (χ0n) is 17.5. The van der Waals surface area contributed by atoms with E-state index in [1.54, 1.807) is 18.2 Å². The van der Waals surface area contributed by atoms with Gasteiger partial charge in [-0.15, -0.1) is 0 Å². The number of anilines is 1. The molecule has 0 aliphatic heterocycles. The average Bonchev–Trinajstić information content (AvgIpc) is 2.76. The zero-order chi connectivity index (χ0) is 22.6. The predicted molar refractivity (Wildman–Crippen MR) is 114 cm³/mol. The molecule has 0 radical (unpaired) electrons. The van der Waals surface area contributed by atoms with Gasteiger partial charge in [0, 0.05) is 37.6 Å². The third-order valence-corrected chi connectivity index (χ3v) is 4.62. The summed E-state index contributed by atoms with van der Waals surface area (Å²) < 4.78 is 23.8. The molecule has 0 atom stereocenters. The van der Waals surface area contributed by atoms with Crippen LogP contribution in [0.4, 0.5) is 10.1 Å². The molecule has 0 unspecified atom stereocenters. The Kier molecular flexibility index (Phi) is 9.93. The van der Waals surface area contributed by atoms with Gasteiger partial charge in [0.1, 0.15) is 11.6 Å². The summed E-state index contributed by atoms with van der Waals surface area (Å²) in [6.45, 7) is 1.71. The Hall–Kier alpha value is -2.97. The summed E-state index contributed by atoms with van der Waals surface area (Å²) in [6, 6.07) is 8.19. The highest BCUT2D eigenvalue weighted by atomic mass is 19.1. The summed E-state index contributed by atoms with van der Waals surface area (Å²) >= 11 is 0. The molecule has 2 rings (SSSR count). The van der Waals surface area contributed by atoms with Crippen LogP contribution in [0.5, 0.6) is 5.75 Å². The van der Waals surface area contributed by atoms with Crippen LogP contribution in [0, 0.1) is 5.82 Å². The lowest BCUT2D eigenvalue weighted by atomic mass is 9.94. The third kappa shape index (κ3) is 7.34. The minimum Gasteiger partial charge on any atom is -0.507 e. The number of benzene rings is 2. The lowest BCUT2D eigenvalue weighted by molar-refractivity contribution is -0.139. The first-order valence-corrected chi connectivity index (χ1v) is 10.1. The van der Waals surface area contributed by atoms with Gasteiger partial charge in [-0.25, -0.2) is 4.39 Å². The predicted octanol–water partition coefficient (Wildman–Crippen LogP) is 3.07. The number of hydrogen-bond donors (Lipinski definition) is 3. The molecule has 0 heterocycles. The second-order valence-electron chi connectivity index (χ2n) is 6.91. The van der Waals surface area contributed by atoms with E-state index >= 15 is 0 Å². The van der Waals surface area contributed by atoms with E-state index in [2.05, 4.69) is 5.32 Å². The van der Waals surface area contributed by atoms with Crippen LogP contribution in [0.2, 0.25) is 0 Å². The van der Waals surface area contributed by atoms with Gasteiger partial charge in [0.15, 0.2) is 5.78 Å². The number of halogens is 1. The number of esters is 1. The summed E-state index contributed by atoms with van der Waals surface area (Å²) in [5.41, 5.74) is 0.903. The van der Waals surface area contributed by atoms with E-state index in [-0.39, 0.29) is 29.9 Å². The highest BCUT2D eigenvalue weighted by molar-refractivity contribution is 6.15. The van der Waals surface area contributed by atoms with Crippen molar-refractivity contribution in [2.45, 2.75) is 25.7 Å². The number of unbranched alkanes of at least 4 members (excludes halogenated alkanes) is 1. The fraction of sp³-hybridized carbons (Fsp3) is 0.391. The van der Waals surface area contributed by atoms with E-state index in [0.717, 1.165) is 31.0 Å². The molecule has 0 saturated carbocycles. The first-order valence-electron chi connectivity index (χ1n) is 10.1. The van der Waals surface area contributed by atoms with Gasteiger partial charge in [-0.2, -0.15) is 0 Å². The quantitative estimate of drug-likeness (QED) is 0.253. The number of phenols is 1. The number of ketones is 1. The Bertz CT molecular complexity index is 886. The number of hydrogen-bond acceptors (Lipinski definition) is 7. The van der Waals surface area contributed by atoms with Crippen molar-refractivity contribution in [2.24, 2.45) is 0 Å². The molecule has 31 heavy (non-hydrogen) atoms. The molecule has 0 spiro atoms. The number of carbonyl (C=O) groups is 2. The maximum atomic E-state index is 13.7. The topological polar surface area (TPSA) is 105 Å². The largest absolute Gasteiger partial charge is 0.507 e. The summed E-state index contributed by atoms with van der Waals surface area (Å²) in [5, 5.41) is 22.0.